The van der Waals surface area contributed by atoms with Crippen molar-refractivity contribution in [1.82, 2.24) is 0 Å². The molecule has 1 atom stereocenters. The summed E-state index contributed by atoms with van der Waals surface area (Å²) in [6.07, 6.45) is 1.82. The molecule has 1 unspecified atom stereocenters. The molecule has 0 aliphatic rings. The van der Waals surface area contributed by atoms with Gasteiger partial charge in [0.15, 0.2) is 11.1 Å². The van der Waals surface area contributed by atoms with Crippen molar-refractivity contribution in [3.63, 3.8) is 0 Å². The van der Waals surface area contributed by atoms with Crippen LogP contribution in [-0.4, -0.2) is 14.5 Å². The lowest BCUT2D eigenvalue weighted by atomic mass is 10.3. The van der Waals surface area contributed by atoms with Crippen LogP contribution >= 0.6 is 0 Å². The Balaban J connectivity index is 3.26. The summed E-state index contributed by atoms with van der Waals surface area (Å²) in [6.45, 7) is 2.02. The van der Waals surface area contributed by atoms with Crippen LogP contribution < -0.4 is 0 Å². The first kappa shape index (κ1) is 8.67. The van der Waals surface area contributed by atoms with Crippen LogP contribution in [0.2, 0.25) is 0 Å². The van der Waals surface area contributed by atoms with E-state index in [9.17, 15) is 4.21 Å². The molecule has 3 heteroatoms. The van der Waals surface area contributed by atoms with E-state index in [1.807, 2.05) is 6.92 Å². The lowest BCUT2D eigenvalue weighted by Crippen LogP contribution is -1.89. The van der Waals surface area contributed by atoms with E-state index in [4.69, 9.17) is 4.55 Å². The van der Waals surface area contributed by atoms with E-state index in [0.29, 0.717) is 0 Å². The molecule has 0 heterocycles. The minimum Gasteiger partial charge on any atom is -0.305 e. The first-order valence-corrected chi connectivity index (χ1v) is 4.08. The summed E-state index contributed by atoms with van der Waals surface area (Å²) in [7, 11) is 0. The third kappa shape index (κ3) is 7.67. The molecule has 0 rings (SSSR count). The van der Waals surface area contributed by atoms with E-state index in [0.717, 1.165) is 12.8 Å². The summed E-state index contributed by atoms with van der Waals surface area (Å²) in [5, 5.41) is 0. The number of hydrogen-bond acceptors (Lipinski definition) is 1. The summed E-state index contributed by atoms with van der Waals surface area (Å²) >= 11 is -1.74. The fraction of sp³-hybridized carbons (Fsp3) is 0.667. The van der Waals surface area contributed by atoms with E-state index in [1.165, 1.54) is 0 Å². The zero-order valence-corrected chi connectivity index (χ0v) is 6.20. The van der Waals surface area contributed by atoms with Crippen LogP contribution in [0.5, 0.6) is 0 Å². The highest BCUT2D eigenvalue weighted by Gasteiger charge is 1.82. The number of hydrogen-bond donors (Lipinski definition) is 1. The fourth-order valence-electron chi connectivity index (χ4n) is 0.326. The summed E-state index contributed by atoms with van der Waals surface area (Å²) in [6, 6.07) is 0. The lowest BCUT2D eigenvalue weighted by Gasteiger charge is -1.79. The molecular formula is C6H10O2S. The molecule has 0 aromatic rings. The molecule has 0 aromatic carbocycles. The normalized spacial score (nSPS) is 11.8. The molecule has 0 aromatic heterocycles. The second kappa shape index (κ2) is 5.80. The van der Waals surface area contributed by atoms with Crippen molar-refractivity contribution in [2.45, 2.75) is 19.8 Å². The van der Waals surface area contributed by atoms with Crippen LogP contribution in [0.15, 0.2) is 0 Å². The fourth-order valence-corrected chi connectivity index (χ4v) is 0.552. The summed E-state index contributed by atoms with van der Waals surface area (Å²) in [5.41, 5.74) is 0. The largest absolute Gasteiger partial charge is 0.305 e. The maximum Gasteiger partial charge on any atom is 0.165 e. The molecule has 52 valence electrons. The highest BCUT2D eigenvalue weighted by Crippen LogP contribution is 1.80. The second-order valence-corrected chi connectivity index (χ2v) is 2.50. The van der Waals surface area contributed by atoms with Crippen LogP contribution in [0.1, 0.15) is 19.8 Å². The van der Waals surface area contributed by atoms with Gasteiger partial charge in [0.2, 0.25) is 0 Å². The van der Waals surface area contributed by atoms with Crippen LogP contribution in [0.25, 0.3) is 0 Å². The van der Waals surface area contributed by atoms with Crippen molar-refractivity contribution in [1.29, 1.82) is 0 Å². The van der Waals surface area contributed by atoms with Crippen molar-refractivity contribution >= 4 is 11.1 Å². The Hall–Kier alpha value is -0.330. The van der Waals surface area contributed by atoms with Crippen LogP contribution in [0.3, 0.4) is 0 Å². The van der Waals surface area contributed by atoms with Gasteiger partial charge in [-0.2, -0.15) is 0 Å². The third-order valence-corrected chi connectivity index (χ3v) is 1.09. The molecule has 0 saturated carbocycles. The van der Waals surface area contributed by atoms with E-state index in [-0.39, 0.29) is 5.75 Å². The molecule has 0 aliphatic heterocycles. The highest BCUT2D eigenvalue weighted by molar-refractivity contribution is 7.79. The average molecular weight is 146 g/mol. The predicted octanol–water partition coefficient (Wildman–Crippen LogP) is 1.01. The van der Waals surface area contributed by atoms with Crippen molar-refractivity contribution < 1.29 is 8.76 Å². The summed E-state index contributed by atoms with van der Waals surface area (Å²) in [5.74, 6) is 5.43. The Morgan fingerprint density at radius 1 is 1.56 bits per heavy atom. The van der Waals surface area contributed by atoms with E-state index < -0.39 is 11.1 Å². The van der Waals surface area contributed by atoms with Gasteiger partial charge in [0, 0.05) is 6.42 Å². The molecule has 9 heavy (non-hydrogen) atoms. The molecule has 0 spiro atoms. The molecule has 2 nitrogen and oxygen atoms in total. The van der Waals surface area contributed by atoms with E-state index in [1.54, 1.807) is 0 Å². The summed E-state index contributed by atoms with van der Waals surface area (Å²) in [4.78, 5) is 0. The maximum atomic E-state index is 9.97. The van der Waals surface area contributed by atoms with Crippen LogP contribution in [-0.2, 0) is 11.1 Å². The molecule has 0 saturated heterocycles. The topological polar surface area (TPSA) is 37.3 Å². The van der Waals surface area contributed by atoms with Gasteiger partial charge >= 0.3 is 0 Å². The maximum absolute atomic E-state index is 9.97. The van der Waals surface area contributed by atoms with Gasteiger partial charge in [0.25, 0.3) is 0 Å². The zero-order valence-electron chi connectivity index (χ0n) is 5.39. The van der Waals surface area contributed by atoms with Gasteiger partial charge in [-0.1, -0.05) is 12.8 Å². The monoisotopic (exact) mass is 146 g/mol. The molecular weight excluding hydrogens is 136 g/mol. The minimum atomic E-state index is -1.74. The Morgan fingerprint density at radius 3 is 2.67 bits per heavy atom. The smallest absolute Gasteiger partial charge is 0.165 e. The van der Waals surface area contributed by atoms with Crippen molar-refractivity contribution in [3.8, 4) is 11.8 Å². The first-order chi connectivity index (χ1) is 4.27. The standard InChI is InChI=1S/C6H10O2S/c1-2-3-4-5-6-9(7)8/h2-3,6H2,1H3,(H,7,8). The molecule has 1 N–H and O–H groups in total. The van der Waals surface area contributed by atoms with Gasteiger partial charge in [-0.05, 0) is 6.42 Å². The minimum absolute atomic E-state index is 0.0833. The zero-order chi connectivity index (χ0) is 7.11. The van der Waals surface area contributed by atoms with E-state index >= 15 is 0 Å². The highest BCUT2D eigenvalue weighted by atomic mass is 32.2. The van der Waals surface area contributed by atoms with Crippen molar-refractivity contribution in [2.24, 2.45) is 0 Å². The van der Waals surface area contributed by atoms with Gasteiger partial charge in [-0.25, -0.2) is 4.21 Å². The van der Waals surface area contributed by atoms with E-state index in [2.05, 4.69) is 11.8 Å². The lowest BCUT2D eigenvalue weighted by molar-refractivity contribution is 0.568. The SMILES string of the molecule is CCCC#CCS(=O)O. The van der Waals surface area contributed by atoms with Crippen molar-refractivity contribution in [2.75, 3.05) is 5.75 Å². The van der Waals surface area contributed by atoms with Crippen LogP contribution in [0.4, 0.5) is 0 Å². The van der Waals surface area contributed by atoms with Crippen molar-refractivity contribution in [3.05, 3.63) is 0 Å². The molecule has 0 fully saturated rings. The quantitative estimate of drug-likeness (QED) is 0.466. The molecule has 0 amide bonds. The predicted molar refractivity (Wildman–Crippen MR) is 38.3 cm³/mol. The van der Waals surface area contributed by atoms with Gasteiger partial charge < -0.3 is 4.55 Å². The van der Waals surface area contributed by atoms with Gasteiger partial charge in [-0.15, -0.1) is 5.92 Å². The van der Waals surface area contributed by atoms with Crippen LogP contribution in [0, 0.1) is 11.8 Å². The second-order valence-electron chi connectivity index (χ2n) is 1.57. The number of unbranched alkanes of at least 4 members (excludes halogenated alkanes) is 1. The van der Waals surface area contributed by atoms with Gasteiger partial charge in [0.1, 0.15) is 5.75 Å². The third-order valence-electron chi connectivity index (χ3n) is 0.696. The first-order valence-electron chi connectivity index (χ1n) is 2.80. The molecule has 0 radical (unpaired) electrons. The van der Waals surface area contributed by atoms with Gasteiger partial charge in [0.05, 0.1) is 0 Å². The number of rotatable bonds is 2. The molecule has 0 aliphatic carbocycles. The Bertz CT molecular complexity index is 143. The Labute approximate surface area is 57.9 Å². The average Bonchev–Trinajstić information content (AvgIpc) is 1.80. The molecule has 0 bridgehead atoms. The van der Waals surface area contributed by atoms with Gasteiger partial charge in [-0.3, -0.25) is 0 Å². The Morgan fingerprint density at radius 2 is 2.22 bits per heavy atom. The Kier molecular flexibility index (Phi) is 5.59. The summed E-state index contributed by atoms with van der Waals surface area (Å²) < 4.78 is 18.2.